The van der Waals surface area contributed by atoms with Gasteiger partial charge in [0, 0.05) is 4.90 Å². The highest BCUT2D eigenvalue weighted by molar-refractivity contribution is 8.01. The van der Waals surface area contributed by atoms with Crippen molar-refractivity contribution in [2.45, 2.75) is 23.1 Å². The summed E-state index contributed by atoms with van der Waals surface area (Å²) in [6, 6.07) is 6.32. The molecule has 0 saturated heterocycles. The van der Waals surface area contributed by atoms with Crippen LogP contribution in [0.3, 0.4) is 0 Å². The van der Waals surface area contributed by atoms with Crippen molar-refractivity contribution in [3.8, 4) is 0 Å². The van der Waals surface area contributed by atoms with Gasteiger partial charge >= 0.3 is 5.97 Å². The Morgan fingerprint density at radius 2 is 2.00 bits per heavy atom. The van der Waals surface area contributed by atoms with Gasteiger partial charge < -0.3 is 5.11 Å². The molecule has 0 amide bonds. The van der Waals surface area contributed by atoms with Crippen molar-refractivity contribution >= 4 is 33.4 Å². The van der Waals surface area contributed by atoms with Crippen LogP contribution < -0.4 is 4.31 Å². The van der Waals surface area contributed by atoms with Crippen LogP contribution in [0.15, 0.2) is 29.2 Å². The van der Waals surface area contributed by atoms with Crippen LogP contribution in [0.25, 0.3) is 0 Å². The smallest absolute Gasteiger partial charge is 0.319 e. The molecule has 0 fully saturated rings. The highest BCUT2D eigenvalue weighted by Gasteiger charge is 2.40. The molecule has 1 heterocycles. The Balaban J connectivity index is 2.60. The van der Waals surface area contributed by atoms with Gasteiger partial charge in [-0.15, -0.1) is 11.8 Å². The van der Waals surface area contributed by atoms with E-state index < -0.39 is 27.3 Å². The zero-order valence-corrected chi connectivity index (χ0v) is 11.5. The van der Waals surface area contributed by atoms with Crippen LogP contribution in [-0.2, 0) is 14.8 Å². The number of benzene rings is 1. The number of sulfonamides is 1. The molecular weight excluding hydrogens is 274 g/mol. The molecule has 5 nitrogen and oxygen atoms in total. The fourth-order valence-electron chi connectivity index (χ4n) is 2.05. The van der Waals surface area contributed by atoms with E-state index in [9.17, 15) is 18.3 Å². The van der Waals surface area contributed by atoms with Gasteiger partial charge in [-0.2, -0.15) is 0 Å². The lowest BCUT2D eigenvalue weighted by atomic mass is 10.2. The fourth-order valence-corrected chi connectivity index (χ4v) is 4.57. The van der Waals surface area contributed by atoms with E-state index in [-0.39, 0.29) is 0 Å². The van der Waals surface area contributed by atoms with Crippen molar-refractivity contribution in [2.75, 3.05) is 10.6 Å². The lowest BCUT2D eigenvalue weighted by molar-refractivity contribution is -0.136. The lowest BCUT2D eigenvalue weighted by Crippen LogP contribution is -2.49. The van der Waals surface area contributed by atoms with Crippen LogP contribution in [0.1, 0.15) is 6.92 Å². The van der Waals surface area contributed by atoms with E-state index in [2.05, 4.69) is 0 Å². The highest BCUT2D eigenvalue weighted by atomic mass is 32.2. The predicted molar refractivity (Wildman–Crippen MR) is 70.5 cm³/mol. The van der Waals surface area contributed by atoms with Gasteiger partial charge in [0.25, 0.3) is 0 Å². The Bertz CT molecular complexity index is 584. The monoisotopic (exact) mass is 287 g/mol. The van der Waals surface area contributed by atoms with Crippen LogP contribution in [0, 0.1) is 0 Å². The van der Waals surface area contributed by atoms with Crippen LogP contribution >= 0.6 is 11.8 Å². The molecule has 98 valence electrons. The number of carboxylic acids is 1. The standard InChI is InChI=1S/C11H13NO4S2/c1-7-10(11(13)14)17-9-6-4-3-5-8(9)12(7)18(2,15)16/h3-7,10H,1-2H3,(H,13,14)/t7-,10-/m1/s1. The van der Waals surface area contributed by atoms with Crippen LogP contribution in [0.2, 0.25) is 0 Å². The van der Waals surface area contributed by atoms with Crippen LogP contribution in [0.4, 0.5) is 5.69 Å². The maximum Gasteiger partial charge on any atom is 0.319 e. The predicted octanol–water partition coefficient (Wildman–Crippen LogP) is 1.40. The summed E-state index contributed by atoms with van der Waals surface area (Å²) >= 11 is 1.19. The molecule has 7 heteroatoms. The van der Waals surface area contributed by atoms with Crippen molar-refractivity contribution in [2.24, 2.45) is 0 Å². The van der Waals surface area contributed by atoms with Gasteiger partial charge in [-0.1, -0.05) is 12.1 Å². The number of nitrogens with zero attached hydrogens (tertiary/aromatic N) is 1. The first-order valence-corrected chi connectivity index (χ1v) is 8.03. The Morgan fingerprint density at radius 3 is 2.56 bits per heavy atom. The maximum absolute atomic E-state index is 11.9. The normalized spacial score (nSPS) is 23.6. The second-order valence-electron chi connectivity index (χ2n) is 4.14. The first-order valence-electron chi connectivity index (χ1n) is 5.30. The topological polar surface area (TPSA) is 74.7 Å². The van der Waals surface area contributed by atoms with Crippen molar-refractivity contribution in [1.29, 1.82) is 0 Å². The second-order valence-corrected chi connectivity index (χ2v) is 7.19. The molecule has 0 radical (unpaired) electrons. The van der Waals surface area contributed by atoms with E-state index in [0.29, 0.717) is 10.6 Å². The molecule has 1 aromatic rings. The van der Waals surface area contributed by atoms with Gasteiger partial charge in [-0.3, -0.25) is 9.10 Å². The third-order valence-electron chi connectivity index (χ3n) is 2.77. The van der Waals surface area contributed by atoms with Gasteiger partial charge in [0.2, 0.25) is 10.0 Å². The Morgan fingerprint density at radius 1 is 1.39 bits per heavy atom. The Kier molecular flexibility index (Phi) is 3.29. The minimum Gasteiger partial charge on any atom is -0.480 e. The van der Waals surface area contributed by atoms with E-state index in [4.69, 9.17) is 0 Å². The molecule has 0 spiro atoms. The summed E-state index contributed by atoms with van der Waals surface area (Å²) in [5.41, 5.74) is 0.551. The molecule has 18 heavy (non-hydrogen) atoms. The minimum absolute atomic E-state index is 0.551. The number of thioether (sulfide) groups is 1. The summed E-state index contributed by atoms with van der Waals surface area (Å²) in [6.45, 7) is 1.61. The first kappa shape index (κ1) is 13.2. The zero-order valence-electron chi connectivity index (χ0n) is 9.90. The Labute approximate surface area is 110 Å². The van der Waals surface area contributed by atoms with Crippen LogP contribution in [0.5, 0.6) is 0 Å². The summed E-state index contributed by atoms with van der Waals surface area (Å²) in [7, 11) is -3.50. The van der Waals surface area contributed by atoms with E-state index in [1.54, 1.807) is 31.2 Å². The van der Waals surface area contributed by atoms with Crippen LogP contribution in [-0.4, -0.2) is 37.0 Å². The molecule has 0 unspecified atom stereocenters. The Hall–Kier alpha value is -1.21. The molecule has 0 bridgehead atoms. The summed E-state index contributed by atoms with van der Waals surface area (Å²) < 4.78 is 24.9. The highest BCUT2D eigenvalue weighted by Crippen LogP contribution is 2.42. The average molecular weight is 287 g/mol. The van der Waals surface area contributed by atoms with E-state index in [1.165, 1.54) is 16.1 Å². The number of para-hydroxylation sites is 1. The SMILES string of the molecule is C[C@@H]1[C@H](C(=O)O)Sc2ccccc2N1S(C)(=O)=O. The summed E-state index contributed by atoms with van der Waals surface area (Å²) in [5.74, 6) is -1.00. The molecule has 0 aliphatic carbocycles. The number of carbonyl (C=O) groups is 1. The number of anilines is 1. The zero-order chi connectivity index (χ0) is 13.5. The van der Waals surface area contributed by atoms with Gasteiger partial charge in [0.05, 0.1) is 18.0 Å². The number of rotatable bonds is 2. The number of hydrogen-bond donors (Lipinski definition) is 1. The molecule has 1 aliphatic heterocycles. The minimum atomic E-state index is -3.50. The fraction of sp³-hybridized carbons (Fsp3) is 0.364. The molecule has 2 rings (SSSR count). The molecule has 0 aromatic heterocycles. The van der Waals surface area contributed by atoms with E-state index in [0.717, 1.165) is 6.26 Å². The van der Waals surface area contributed by atoms with Gasteiger partial charge in [-0.25, -0.2) is 8.42 Å². The van der Waals surface area contributed by atoms with E-state index >= 15 is 0 Å². The summed E-state index contributed by atoms with van der Waals surface area (Å²) in [5, 5.41) is 8.38. The molecular formula is C11H13NO4S2. The van der Waals surface area contributed by atoms with Crippen molar-refractivity contribution in [3.05, 3.63) is 24.3 Å². The third-order valence-corrected chi connectivity index (χ3v) is 5.46. The quantitative estimate of drug-likeness (QED) is 0.890. The van der Waals surface area contributed by atoms with Gasteiger partial charge in [0.15, 0.2) is 0 Å². The molecule has 2 atom stereocenters. The number of aliphatic carboxylic acids is 1. The molecule has 1 N–H and O–H groups in total. The number of carboxylic acid groups (broad SMARTS) is 1. The number of hydrogen-bond acceptors (Lipinski definition) is 4. The first-order chi connectivity index (χ1) is 8.32. The van der Waals surface area contributed by atoms with Gasteiger partial charge in [-0.05, 0) is 19.1 Å². The average Bonchev–Trinajstić information content (AvgIpc) is 2.25. The lowest BCUT2D eigenvalue weighted by Gasteiger charge is -2.37. The van der Waals surface area contributed by atoms with Crippen molar-refractivity contribution in [3.63, 3.8) is 0 Å². The van der Waals surface area contributed by atoms with E-state index in [1.807, 2.05) is 0 Å². The molecule has 1 aliphatic rings. The second kappa shape index (κ2) is 4.47. The van der Waals surface area contributed by atoms with Crippen molar-refractivity contribution < 1.29 is 18.3 Å². The third kappa shape index (κ3) is 2.20. The summed E-state index contributed by atoms with van der Waals surface area (Å²) in [6.07, 6.45) is 1.09. The summed E-state index contributed by atoms with van der Waals surface area (Å²) in [4.78, 5) is 11.9. The maximum atomic E-state index is 11.9. The molecule has 1 aromatic carbocycles. The number of fused-ring (bicyclic) bond motifs is 1. The molecule has 0 saturated carbocycles. The van der Waals surface area contributed by atoms with Crippen molar-refractivity contribution in [1.82, 2.24) is 0 Å². The largest absolute Gasteiger partial charge is 0.480 e. The van der Waals surface area contributed by atoms with Gasteiger partial charge in [0.1, 0.15) is 5.25 Å².